The summed E-state index contributed by atoms with van der Waals surface area (Å²) in [5.74, 6) is -0.498. The van der Waals surface area contributed by atoms with Crippen LogP contribution in [0, 0.1) is 5.82 Å². The lowest BCUT2D eigenvalue weighted by Crippen LogP contribution is -2.08. The number of thiazole rings is 1. The molecule has 5 heteroatoms. The van der Waals surface area contributed by atoms with Crippen LogP contribution in [-0.4, -0.2) is 10.9 Å². The van der Waals surface area contributed by atoms with Crippen molar-refractivity contribution in [3.05, 3.63) is 71.9 Å². The second-order valence-corrected chi connectivity index (χ2v) is 5.91. The van der Waals surface area contributed by atoms with Gasteiger partial charge in [-0.25, -0.2) is 9.37 Å². The lowest BCUT2D eigenvalue weighted by molar-refractivity contribution is -0.111. The molecule has 120 valence electrons. The maximum atomic E-state index is 13.9. The molecule has 0 radical (unpaired) electrons. The van der Waals surface area contributed by atoms with Gasteiger partial charge < -0.3 is 5.32 Å². The van der Waals surface area contributed by atoms with Crippen LogP contribution in [-0.2, 0) is 4.79 Å². The number of hydrogen-bond acceptors (Lipinski definition) is 3. The van der Waals surface area contributed by atoms with E-state index in [0.717, 1.165) is 5.56 Å². The number of carbonyl (C=O) groups is 1. The lowest BCUT2D eigenvalue weighted by Gasteiger charge is -2.07. The first-order valence-corrected chi connectivity index (χ1v) is 8.30. The summed E-state index contributed by atoms with van der Waals surface area (Å²) in [5.41, 5.74) is 2.65. The van der Waals surface area contributed by atoms with Gasteiger partial charge in [-0.05, 0) is 31.2 Å². The summed E-state index contributed by atoms with van der Waals surface area (Å²) in [7, 11) is 0. The van der Waals surface area contributed by atoms with Gasteiger partial charge in [-0.1, -0.05) is 36.4 Å². The number of aromatic nitrogens is 1. The molecule has 24 heavy (non-hydrogen) atoms. The summed E-state index contributed by atoms with van der Waals surface area (Å²) in [6, 6.07) is 14.0. The van der Waals surface area contributed by atoms with E-state index in [0.29, 0.717) is 22.0 Å². The highest BCUT2D eigenvalue weighted by atomic mass is 32.1. The summed E-state index contributed by atoms with van der Waals surface area (Å²) >= 11 is 1.37. The predicted octanol–water partition coefficient (Wildman–Crippen LogP) is 5.13. The fourth-order valence-corrected chi connectivity index (χ4v) is 3.14. The maximum absolute atomic E-state index is 13.9. The van der Waals surface area contributed by atoms with Gasteiger partial charge in [0, 0.05) is 16.5 Å². The quantitative estimate of drug-likeness (QED) is 0.670. The van der Waals surface area contributed by atoms with Crippen LogP contribution in [0.5, 0.6) is 0 Å². The topological polar surface area (TPSA) is 42.0 Å². The van der Waals surface area contributed by atoms with E-state index in [-0.39, 0.29) is 11.7 Å². The molecule has 1 aromatic heterocycles. The Kier molecular flexibility index (Phi) is 4.82. The van der Waals surface area contributed by atoms with E-state index in [1.165, 1.54) is 23.5 Å². The van der Waals surface area contributed by atoms with Crippen molar-refractivity contribution in [2.24, 2.45) is 0 Å². The number of rotatable bonds is 4. The van der Waals surface area contributed by atoms with Crippen molar-refractivity contribution in [3.63, 3.8) is 0 Å². The largest absolute Gasteiger partial charge is 0.322 e. The number of allylic oxidation sites excluding steroid dienone is 1. The molecule has 1 amide bonds. The zero-order valence-corrected chi connectivity index (χ0v) is 13.8. The van der Waals surface area contributed by atoms with Crippen molar-refractivity contribution >= 4 is 22.9 Å². The normalized spacial score (nSPS) is 10.9. The summed E-state index contributed by atoms with van der Waals surface area (Å²) in [6.45, 7) is 1.78. The van der Waals surface area contributed by atoms with E-state index in [1.54, 1.807) is 31.2 Å². The molecule has 1 N–H and O–H groups in total. The van der Waals surface area contributed by atoms with Crippen LogP contribution in [0.2, 0.25) is 0 Å². The average Bonchev–Trinajstić information content (AvgIpc) is 3.05. The van der Waals surface area contributed by atoms with Crippen LogP contribution >= 0.6 is 11.3 Å². The van der Waals surface area contributed by atoms with Gasteiger partial charge in [0.25, 0.3) is 0 Å². The third kappa shape index (κ3) is 3.41. The van der Waals surface area contributed by atoms with Gasteiger partial charge >= 0.3 is 0 Å². The number of amides is 1. The van der Waals surface area contributed by atoms with Gasteiger partial charge in [-0.2, -0.15) is 0 Å². The van der Waals surface area contributed by atoms with E-state index in [9.17, 15) is 9.18 Å². The third-order valence-corrected chi connectivity index (χ3v) is 4.26. The molecule has 0 fully saturated rings. The molecular weight excluding hydrogens is 323 g/mol. The molecule has 0 aliphatic rings. The number of carbonyl (C=O) groups excluding carboxylic acids is 1. The average molecular weight is 338 g/mol. The van der Waals surface area contributed by atoms with E-state index < -0.39 is 0 Å². The number of nitrogens with one attached hydrogen (secondary N) is 1. The Labute approximate surface area is 143 Å². The molecule has 3 aromatic rings. The Morgan fingerprint density at radius 2 is 1.83 bits per heavy atom. The highest BCUT2D eigenvalue weighted by molar-refractivity contribution is 7.13. The van der Waals surface area contributed by atoms with Crippen molar-refractivity contribution in [2.75, 3.05) is 5.32 Å². The molecule has 1 heterocycles. The number of benzene rings is 2. The van der Waals surface area contributed by atoms with Crippen LogP contribution in [0.4, 0.5) is 10.1 Å². The van der Waals surface area contributed by atoms with Crippen molar-refractivity contribution < 1.29 is 9.18 Å². The summed E-state index contributed by atoms with van der Waals surface area (Å²) in [4.78, 5) is 16.3. The SMILES string of the molecule is C/C=C/C(=O)Nc1ccccc1-c1csc(-c2ccccc2F)n1. The maximum Gasteiger partial charge on any atom is 0.248 e. The second-order valence-electron chi connectivity index (χ2n) is 5.05. The Morgan fingerprint density at radius 3 is 2.58 bits per heavy atom. The number of halogens is 1. The standard InChI is InChI=1S/C19H15FN2OS/c1-2-7-18(23)21-16-11-6-4-9-14(16)17-12-24-19(22-17)13-8-3-5-10-15(13)20/h2-12H,1H3,(H,21,23)/b7-2+. The fourth-order valence-electron chi connectivity index (χ4n) is 2.30. The minimum Gasteiger partial charge on any atom is -0.322 e. The molecule has 3 nitrogen and oxygen atoms in total. The highest BCUT2D eigenvalue weighted by Gasteiger charge is 2.13. The lowest BCUT2D eigenvalue weighted by atomic mass is 10.1. The summed E-state index contributed by atoms with van der Waals surface area (Å²) in [6.07, 6.45) is 3.14. The number of nitrogens with zero attached hydrogens (tertiary/aromatic N) is 1. The van der Waals surface area contributed by atoms with E-state index in [1.807, 2.05) is 29.6 Å². The molecule has 0 saturated carbocycles. The minimum absolute atomic E-state index is 0.200. The van der Waals surface area contributed by atoms with E-state index in [4.69, 9.17) is 0 Å². The van der Waals surface area contributed by atoms with Gasteiger partial charge in [0.2, 0.25) is 5.91 Å². The fraction of sp³-hybridized carbons (Fsp3) is 0.0526. The zero-order valence-electron chi connectivity index (χ0n) is 13.0. The Bertz CT molecular complexity index is 902. The molecule has 0 saturated heterocycles. The molecule has 0 spiro atoms. The van der Waals surface area contributed by atoms with E-state index in [2.05, 4.69) is 10.3 Å². The second kappa shape index (κ2) is 7.19. The molecule has 3 rings (SSSR count). The number of hydrogen-bond donors (Lipinski definition) is 1. The van der Waals surface area contributed by atoms with Crippen molar-refractivity contribution in [2.45, 2.75) is 6.92 Å². The minimum atomic E-state index is -0.298. The molecule has 2 aromatic carbocycles. The van der Waals surface area contributed by atoms with Gasteiger partial charge in [-0.3, -0.25) is 4.79 Å². The smallest absolute Gasteiger partial charge is 0.248 e. The van der Waals surface area contributed by atoms with Crippen LogP contribution in [0.15, 0.2) is 66.1 Å². The summed E-state index contributed by atoms with van der Waals surface area (Å²) in [5, 5.41) is 5.31. The van der Waals surface area contributed by atoms with Crippen molar-refractivity contribution in [1.29, 1.82) is 0 Å². The van der Waals surface area contributed by atoms with Crippen LogP contribution in [0.3, 0.4) is 0 Å². The highest BCUT2D eigenvalue weighted by Crippen LogP contribution is 2.33. The van der Waals surface area contributed by atoms with Gasteiger partial charge in [0.05, 0.1) is 11.4 Å². The summed E-state index contributed by atoms with van der Waals surface area (Å²) < 4.78 is 13.9. The first-order valence-electron chi connectivity index (χ1n) is 7.42. The Hall–Kier alpha value is -2.79. The Balaban J connectivity index is 1.96. The molecule has 0 aliphatic heterocycles. The van der Waals surface area contributed by atoms with Crippen LogP contribution < -0.4 is 5.32 Å². The van der Waals surface area contributed by atoms with Gasteiger partial charge in [0.15, 0.2) is 0 Å². The first kappa shape index (κ1) is 16.1. The van der Waals surface area contributed by atoms with Crippen LogP contribution in [0.25, 0.3) is 21.8 Å². The third-order valence-electron chi connectivity index (χ3n) is 3.39. The first-order chi connectivity index (χ1) is 11.7. The van der Waals surface area contributed by atoms with Crippen LogP contribution in [0.1, 0.15) is 6.92 Å². The molecule has 0 unspecified atom stereocenters. The van der Waals surface area contributed by atoms with Crippen molar-refractivity contribution in [1.82, 2.24) is 4.98 Å². The van der Waals surface area contributed by atoms with Crippen molar-refractivity contribution in [3.8, 4) is 21.8 Å². The molecular formula is C19H15FN2OS. The number of para-hydroxylation sites is 1. The van der Waals surface area contributed by atoms with Gasteiger partial charge in [0.1, 0.15) is 10.8 Å². The van der Waals surface area contributed by atoms with Gasteiger partial charge in [-0.15, -0.1) is 11.3 Å². The molecule has 0 aliphatic carbocycles. The monoisotopic (exact) mass is 338 g/mol. The predicted molar refractivity (Wildman–Crippen MR) is 96.4 cm³/mol. The zero-order chi connectivity index (χ0) is 16.9. The molecule has 0 bridgehead atoms. The Morgan fingerprint density at radius 1 is 1.12 bits per heavy atom. The van der Waals surface area contributed by atoms with E-state index >= 15 is 0 Å². The number of anilines is 1. The molecule has 0 atom stereocenters.